The molecule has 44 heavy (non-hydrogen) atoms. The summed E-state index contributed by atoms with van der Waals surface area (Å²) in [5, 5.41) is 0. The number of hydrogen-bond acceptors (Lipinski definition) is 10. The summed E-state index contributed by atoms with van der Waals surface area (Å²) in [5.41, 5.74) is 2.11. The summed E-state index contributed by atoms with van der Waals surface area (Å²) in [6.07, 6.45) is -2.85. The topological polar surface area (TPSA) is 151 Å². The Morgan fingerprint density at radius 1 is 0.841 bits per heavy atom. The minimum absolute atomic E-state index is 0.129. The molecule has 0 spiro atoms. The molecule has 2 aliphatic rings. The van der Waals surface area contributed by atoms with E-state index in [1.54, 1.807) is 53.7 Å². The Morgan fingerprint density at radius 3 is 1.86 bits per heavy atom. The Balaban J connectivity index is 1.59. The Labute approximate surface area is 252 Å². The third-order valence-electron chi connectivity index (χ3n) is 6.39. The zero-order chi connectivity index (χ0) is 32.9. The highest BCUT2D eigenvalue weighted by Crippen LogP contribution is 2.40. The van der Waals surface area contributed by atoms with E-state index < -0.39 is 77.1 Å². The van der Waals surface area contributed by atoms with Crippen molar-refractivity contribution in [3.05, 3.63) is 47.5 Å². The SMILES string of the molecule is CC(C)(C)C(=O)ONC(=NCCOC(=O)C1C2C=CC(O2)C1C(=O)OCc1cccc(C(F)(F)F)c1)NOC(=O)C(C)(C)C. The van der Waals surface area contributed by atoms with E-state index in [9.17, 15) is 32.3 Å². The molecule has 0 radical (unpaired) electrons. The van der Waals surface area contributed by atoms with Gasteiger partial charge in [0.15, 0.2) is 0 Å². The number of carbonyl (C=O) groups is 4. The van der Waals surface area contributed by atoms with Crippen molar-refractivity contribution < 1.29 is 56.2 Å². The van der Waals surface area contributed by atoms with E-state index >= 15 is 0 Å². The predicted molar refractivity (Wildman–Crippen MR) is 147 cm³/mol. The third-order valence-corrected chi connectivity index (χ3v) is 6.39. The first kappa shape index (κ1) is 34.4. The maximum Gasteiger partial charge on any atom is 0.416 e. The van der Waals surface area contributed by atoms with Crippen molar-refractivity contribution in [3.8, 4) is 0 Å². The van der Waals surface area contributed by atoms with E-state index in [0.717, 1.165) is 12.1 Å². The molecule has 12 nitrogen and oxygen atoms in total. The fourth-order valence-electron chi connectivity index (χ4n) is 3.94. The molecule has 4 atom stereocenters. The van der Waals surface area contributed by atoms with Crippen LogP contribution in [0.2, 0.25) is 0 Å². The lowest BCUT2D eigenvalue weighted by molar-refractivity contribution is -0.160. The van der Waals surface area contributed by atoms with Gasteiger partial charge in [0.2, 0.25) is 0 Å². The largest absolute Gasteiger partial charge is 0.463 e. The van der Waals surface area contributed by atoms with E-state index in [1.165, 1.54) is 12.1 Å². The number of hydroxylamine groups is 2. The minimum Gasteiger partial charge on any atom is -0.463 e. The standard InChI is InChI=1S/C29H36F3N3O9/c1-27(2,3)24(38)43-34-26(35-44-25(39)28(4,5)6)33-12-13-40-22(36)20-18-10-11-19(42-18)21(20)23(37)41-15-16-8-7-9-17(14-16)29(30,31)32/h7-11,14,18-21H,12-13,15H2,1-6H3,(H2,33,34,35). The zero-order valence-electron chi connectivity index (χ0n) is 25.2. The third kappa shape index (κ3) is 9.18. The second-order valence-corrected chi connectivity index (χ2v) is 12.2. The molecule has 1 saturated heterocycles. The number of guanidine groups is 1. The number of alkyl halides is 3. The summed E-state index contributed by atoms with van der Waals surface area (Å²) < 4.78 is 55.3. The molecule has 0 amide bonds. The molecule has 15 heteroatoms. The Hall–Kier alpha value is -4.14. The molecule has 4 unspecified atom stereocenters. The number of fused-ring (bicyclic) bond motifs is 2. The Kier molecular flexibility index (Phi) is 10.7. The van der Waals surface area contributed by atoms with Crippen LogP contribution in [0.15, 0.2) is 41.4 Å². The van der Waals surface area contributed by atoms with Crippen LogP contribution < -0.4 is 11.0 Å². The lowest BCUT2D eigenvalue weighted by Crippen LogP contribution is -2.43. The van der Waals surface area contributed by atoms with E-state index in [1.807, 2.05) is 0 Å². The van der Waals surface area contributed by atoms with Gasteiger partial charge in [0.05, 0.1) is 35.1 Å². The smallest absolute Gasteiger partial charge is 0.416 e. The first-order chi connectivity index (χ1) is 20.4. The van der Waals surface area contributed by atoms with Gasteiger partial charge in [-0.2, -0.15) is 24.1 Å². The van der Waals surface area contributed by atoms with Crippen LogP contribution >= 0.6 is 0 Å². The molecule has 1 aromatic carbocycles. The number of benzene rings is 1. The highest BCUT2D eigenvalue weighted by Gasteiger charge is 2.54. The highest BCUT2D eigenvalue weighted by molar-refractivity contribution is 5.85. The van der Waals surface area contributed by atoms with Crippen LogP contribution in [0.5, 0.6) is 0 Å². The first-order valence-electron chi connectivity index (χ1n) is 13.7. The maximum absolute atomic E-state index is 13.0. The van der Waals surface area contributed by atoms with Gasteiger partial charge in [0, 0.05) is 0 Å². The monoisotopic (exact) mass is 627 g/mol. The number of nitrogens with one attached hydrogen (secondary N) is 2. The van der Waals surface area contributed by atoms with Crippen LogP contribution in [-0.2, 0) is 55.8 Å². The molecule has 1 fully saturated rings. The van der Waals surface area contributed by atoms with Gasteiger partial charge < -0.3 is 23.9 Å². The first-order valence-corrected chi connectivity index (χ1v) is 13.7. The van der Waals surface area contributed by atoms with Crippen LogP contribution in [0.3, 0.4) is 0 Å². The van der Waals surface area contributed by atoms with Crippen molar-refractivity contribution in [2.24, 2.45) is 27.7 Å². The fraction of sp³-hybridized carbons (Fsp3) is 0.552. The van der Waals surface area contributed by atoms with E-state index in [2.05, 4.69) is 16.0 Å². The van der Waals surface area contributed by atoms with Crippen molar-refractivity contribution in [1.29, 1.82) is 0 Å². The number of halogens is 3. The van der Waals surface area contributed by atoms with Crippen molar-refractivity contribution in [1.82, 2.24) is 11.0 Å². The average molecular weight is 628 g/mol. The zero-order valence-corrected chi connectivity index (χ0v) is 25.2. The van der Waals surface area contributed by atoms with Crippen LogP contribution in [0.1, 0.15) is 52.7 Å². The number of esters is 2. The second-order valence-electron chi connectivity index (χ2n) is 12.2. The molecule has 0 aliphatic carbocycles. The number of rotatable bonds is 7. The van der Waals surface area contributed by atoms with Crippen LogP contribution in [0, 0.1) is 22.7 Å². The fourth-order valence-corrected chi connectivity index (χ4v) is 3.94. The summed E-state index contributed by atoms with van der Waals surface area (Å²) >= 11 is 0. The van der Waals surface area contributed by atoms with Crippen molar-refractivity contribution in [2.45, 2.75) is 66.5 Å². The molecule has 2 N–H and O–H groups in total. The summed E-state index contributed by atoms with van der Waals surface area (Å²) in [6, 6.07) is 4.38. The van der Waals surface area contributed by atoms with E-state index in [-0.39, 0.29) is 24.7 Å². The van der Waals surface area contributed by atoms with Crippen LogP contribution in [0.25, 0.3) is 0 Å². The summed E-state index contributed by atoms with van der Waals surface area (Å²) in [5.74, 6) is -5.24. The van der Waals surface area contributed by atoms with Crippen molar-refractivity contribution in [3.63, 3.8) is 0 Å². The maximum atomic E-state index is 13.0. The van der Waals surface area contributed by atoms with Gasteiger partial charge in [-0.05, 0) is 59.2 Å². The number of aliphatic imine (C=N–C) groups is 1. The lowest BCUT2D eigenvalue weighted by Gasteiger charge is -2.22. The van der Waals surface area contributed by atoms with Gasteiger partial charge in [0.1, 0.15) is 25.0 Å². The van der Waals surface area contributed by atoms with Gasteiger partial charge >= 0.3 is 30.1 Å². The van der Waals surface area contributed by atoms with Gasteiger partial charge in [-0.25, -0.2) is 14.6 Å². The molecule has 0 aromatic heterocycles. The molecule has 3 rings (SSSR count). The summed E-state index contributed by atoms with van der Waals surface area (Å²) in [6.45, 7) is 8.88. The molecule has 1 aromatic rings. The summed E-state index contributed by atoms with van der Waals surface area (Å²) in [4.78, 5) is 64.2. The number of nitrogens with zero attached hydrogens (tertiary/aromatic N) is 1. The molecule has 2 bridgehead atoms. The normalized spacial score (nSPS) is 20.8. The Morgan fingerprint density at radius 2 is 1.36 bits per heavy atom. The van der Waals surface area contributed by atoms with E-state index in [0.29, 0.717) is 0 Å². The van der Waals surface area contributed by atoms with Gasteiger partial charge in [-0.15, -0.1) is 0 Å². The van der Waals surface area contributed by atoms with Gasteiger partial charge in [-0.3, -0.25) is 9.59 Å². The van der Waals surface area contributed by atoms with Crippen molar-refractivity contribution in [2.75, 3.05) is 13.2 Å². The molecule has 2 aliphatic heterocycles. The molecule has 2 heterocycles. The number of carbonyl (C=O) groups excluding carboxylic acids is 4. The van der Waals surface area contributed by atoms with E-state index in [4.69, 9.17) is 23.9 Å². The average Bonchev–Trinajstić information content (AvgIpc) is 3.55. The molecule has 0 saturated carbocycles. The molecular weight excluding hydrogens is 591 g/mol. The van der Waals surface area contributed by atoms with Gasteiger partial charge in [-0.1, -0.05) is 24.3 Å². The highest BCUT2D eigenvalue weighted by atomic mass is 19.4. The number of ether oxygens (including phenoxy) is 3. The quantitative estimate of drug-likeness (QED) is 0.0871. The number of hydrogen-bond donors (Lipinski definition) is 2. The summed E-state index contributed by atoms with van der Waals surface area (Å²) in [7, 11) is 0. The molecular formula is C29H36F3N3O9. The van der Waals surface area contributed by atoms with Crippen molar-refractivity contribution >= 4 is 29.8 Å². The van der Waals surface area contributed by atoms with Crippen LogP contribution in [-0.4, -0.2) is 55.2 Å². The lowest BCUT2D eigenvalue weighted by atomic mass is 9.83. The predicted octanol–water partition coefficient (Wildman–Crippen LogP) is 3.41. The van der Waals surface area contributed by atoms with Crippen LogP contribution in [0.4, 0.5) is 13.2 Å². The molecule has 242 valence electrons. The van der Waals surface area contributed by atoms with Gasteiger partial charge in [0.25, 0.3) is 5.96 Å². The Bertz CT molecular complexity index is 1270. The minimum atomic E-state index is -4.55. The second kappa shape index (κ2) is 13.7.